The maximum absolute atomic E-state index is 13.4. The molecule has 3 aromatic heterocycles. The highest BCUT2D eigenvalue weighted by molar-refractivity contribution is 6.25. The van der Waals surface area contributed by atoms with Gasteiger partial charge >= 0.3 is 0 Å². The second-order valence-electron chi connectivity index (χ2n) is 20.4. The number of aromatic amines is 2. The minimum atomic E-state index is -0.764. The first kappa shape index (κ1) is 40.9. The summed E-state index contributed by atoms with van der Waals surface area (Å²) in [7, 11) is 0. The summed E-state index contributed by atoms with van der Waals surface area (Å²) >= 11 is 0. The first-order valence-electron chi connectivity index (χ1n) is 20.6. The molecule has 5 aromatic rings. The van der Waals surface area contributed by atoms with Gasteiger partial charge in [-0.05, 0) is 117 Å². The number of fused-ring (bicyclic) bond motifs is 8. The highest BCUT2D eigenvalue weighted by Gasteiger charge is 2.26. The van der Waals surface area contributed by atoms with Gasteiger partial charge in [0.05, 0.1) is 28.9 Å². The van der Waals surface area contributed by atoms with Crippen LogP contribution >= 0.6 is 0 Å². The van der Waals surface area contributed by atoms with Crippen molar-refractivity contribution in [1.29, 1.82) is 0 Å². The Bertz CT molecular complexity index is 2640. The minimum Gasteiger partial charge on any atom is -0.389 e. The van der Waals surface area contributed by atoms with Crippen LogP contribution in [-0.2, 0) is 26.5 Å². The predicted molar refractivity (Wildman–Crippen MR) is 245 cm³/mol. The van der Waals surface area contributed by atoms with E-state index in [0.29, 0.717) is 17.0 Å². The third-order valence-electron chi connectivity index (χ3n) is 11.4. The number of rotatable bonds is 4. The van der Waals surface area contributed by atoms with Crippen LogP contribution in [0.25, 0.3) is 68.1 Å². The molecule has 1 atom stereocenters. The lowest BCUT2D eigenvalue weighted by Crippen LogP contribution is -2.16. The molecule has 0 amide bonds. The van der Waals surface area contributed by atoms with Crippen LogP contribution in [0, 0.1) is 0 Å². The molecule has 6 nitrogen and oxygen atoms in total. The molecule has 300 valence electrons. The Morgan fingerprint density at radius 1 is 0.586 bits per heavy atom. The van der Waals surface area contributed by atoms with Crippen LogP contribution in [0.5, 0.6) is 0 Å². The van der Waals surface area contributed by atoms with Gasteiger partial charge in [-0.25, -0.2) is 9.97 Å². The zero-order valence-corrected chi connectivity index (χ0v) is 36.9. The number of aliphatic hydroxyl groups is 1. The van der Waals surface area contributed by atoms with Crippen molar-refractivity contribution in [3.05, 3.63) is 117 Å². The van der Waals surface area contributed by atoms with Gasteiger partial charge in [-0.15, -0.1) is 0 Å². The monoisotopic (exact) mass is 772 g/mol. The number of Topliss-reactive ketones (excluding diaryl/α,β-unsaturated/α-hetero) is 1. The fourth-order valence-corrected chi connectivity index (χ4v) is 7.73. The molecule has 0 aliphatic carbocycles. The van der Waals surface area contributed by atoms with Gasteiger partial charge in [-0.2, -0.15) is 0 Å². The Kier molecular flexibility index (Phi) is 10.00. The number of allylic oxidation sites excluding steroid dienone is 1. The van der Waals surface area contributed by atoms with Crippen molar-refractivity contribution in [2.45, 2.75) is 125 Å². The number of ketones is 1. The number of carbonyl (C=O) groups is 1. The summed E-state index contributed by atoms with van der Waals surface area (Å²) in [6.45, 7) is 30.3. The molecule has 1 unspecified atom stereocenters. The number of hydrogen-bond donors (Lipinski definition) is 3. The smallest absolute Gasteiger partial charge is 0.162 e. The summed E-state index contributed by atoms with van der Waals surface area (Å²) in [6, 6.07) is 23.9. The van der Waals surface area contributed by atoms with Crippen molar-refractivity contribution in [3.8, 4) is 22.3 Å². The van der Waals surface area contributed by atoms with Crippen LogP contribution in [0.15, 0.2) is 66.7 Å². The fraction of sp³-hybridized carbons (Fsp3) is 0.365. The Hall–Kier alpha value is -5.33. The molecule has 7 rings (SSSR count). The van der Waals surface area contributed by atoms with Gasteiger partial charge in [0, 0.05) is 44.3 Å². The Balaban J connectivity index is 1.65. The van der Waals surface area contributed by atoms with E-state index < -0.39 is 6.10 Å². The molecule has 8 bridgehead atoms. The van der Waals surface area contributed by atoms with Crippen LogP contribution in [0.2, 0.25) is 0 Å². The SMILES string of the molecule is CC(=O)C1=Cc2nc1cc1ccc([nH]1)c(-c1cc(C(C)(C)C)cc(C(C)(C)C)c1)c1nc(cc3[nH]c(cc3C(C)O)c2-c2cc(C(C)(C)C)cc(C(C)(C)C)c2)C=C1. The number of benzene rings is 2. The van der Waals surface area contributed by atoms with Gasteiger partial charge < -0.3 is 15.1 Å². The van der Waals surface area contributed by atoms with Gasteiger partial charge in [0.2, 0.25) is 0 Å². The zero-order chi connectivity index (χ0) is 42.3. The quantitative estimate of drug-likeness (QED) is 0.166. The van der Waals surface area contributed by atoms with Gasteiger partial charge in [0.25, 0.3) is 0 Å². The summed E-state index contributed by atoms with van der Waals surface area (Å²) in [6.07, 6.45) is 5.29. The van der Waals surface area contributed by atoms with E-state index in [-0.39, 0.29) is 27.4 Å². The molecule has 2 aromatic carbocycles. The number of nitrogens with zero attached hydrogens (tertiary/aromatic N) is 2. The average Bonchev–Trinajstić information content (AvgIpc) is 3.92. The van der Waals surface area contributed by atoms with Crippen LogP contribution in [0.1, 0.15) is 154 Å². The topological polar surface area (TPSA) is 94.7 Å². The Morgan fingerprint density at radius 2 is 1.10 bits per heavy atom. The summed E-state index contributed by atoms with van der Waals surface area (Å²) in [5, 5.41) is 11.3. The molecular formula is C52H60N4O2. The molecule has 2 aliphatic heterocycles. The highest BCUT2D eigenvalue weighted by atomic mass is 16.3. The molecule has 0 saturated heterocycles. The van der Waals surface area contributed by atoms with Crippen molar-refractivity contribution in [3.63, 3.8) is 0 Å². The lowest BCUT2D eigenvalue weighted by atomic mass is 9.78. The molecule has 5 heterocycles. The zero-order valence-electron chi connectivity index (χ0n) is 36.9. The van der Waals surface area contributed by atoms with E-state index >= 15 is 0 Å². The van der Waals surface area contributed by atoms with Crippen LogP contribution in [-0.4, -0.2) is 30.8 Å². The predicted octanol–water partition coefficient (Wildman–Crippen LogP) is 13.2. The number of nitrogens with one attached hydrogen (secondary N) is 2. The lowest BCUT2D eigenvalue weighted by molar-refractivity contribution is -0.111. The minimum absolute atomic E-state index is 0.0628. The molecule has 3 N–H and O–H groups in total. The molecule has 6 heteroatoms. The molecule has 0 radical (unpaired) electrons. The second kappa shape index (κ2) is 14.2. The Morgan fingerprint density at radius 3 is 1.59 bits per heavy atom. The largest absolute Gasteiger partial charge is 0.389 e. The number of hydrogen-bond acceptors (Lipinski definition) is 4. The van der Waals surface area contributed by atoms with Crippen molar-refractivity contribution in [2.24, 2.45) is 0 Å². The first-order valence-corrected chi connectivity index (χ1v) is 20.6. The summed E-state index contributed by atoms with van der Waals surface area (Å²) < 4.78 is 0. The van der Waals surface area contributed by atoms with E-state index in [2.05, 4.69) is 148 Å². The third kappa shape index (κ3) is 8.04. The van der Waals surface area contributed by atoms with E-state index in [1.54, 1.807) is 13.8 Å². The van der Waals surface area contributed by atoms with E-state index in [9.17, 15) is 9.90 Å². The second-order valence-corrected chi connectivity index (χ2v) is 20.4. The molecular weight excluding hydrogens is 713 g/mol. The first-order chi connectivity index (χ1) is 26.9. The van der Waals surface area contributed by atoms with Crippen molar-refractivity contribution in [1.82, 2.24) is 19.9 Å². The molecule has 0 fully saturated rings. The number of aliphatic hydroxyl groups excluding tert-OH is 1. The normalized spacial score (nSPS) is 14.2. The summed E-state index contributed by atoms with van der Waals surface area (Å²) in [4.78, 5) is 31.4. The third-order valence-corrected chi connectivity index (χ3v) is 11.4. The number of H-pyrrole nitrogens is 2. The standard InChI is InChI=1S/C52H60N4O2/c1-29(57)39-27-45-48(32-21-35(51(9,10)11)24-36(22-32)52(12,13)14)46-28-40(30(2)58)44(56-46)26-38-16-18-42(54-38)47(41-17-15-37(53-41)25-43(39)55-45)31-19-33(49(3,4)5)23-34(20-31)50(6,7)8/h15-29,54-55,57H,1-14H3. The molecule has 0 spiro atoms. The lowest BCUT2D eigenvalue weighted by Gasteiger charge is -2.26. The van der Waals surface area contributed by atoms with E-state index in [4.69, 9.17) is 9.97 Å². The highest BCUT2D eigenvalue weighted by Crippen LogP contribution is 2.41. The van der Waals surface area contributed by atoms with Crippen molar-refractivity contribution >= 4 is 51.7 Å². The maximum atomic E-state index is 13.4. The van der Waals surface area contributed by atoms with Crippen molar-refractivity contribution < 1.29 is 9.90 Å². The average molecular weight is 773 g/mol. The Labute approximate surface area is 344 Å². The molecule has 58 heavy (non-hydrogen) atoms. The maximum Gasteiger partial charge on any atom is 0.162 e. The molecule has 2 aliphatic rings. The van der Waals surface area contributed by atoms with Crippen LogP contribution in [0.4, 0.5) is 0 Å². The fourth-order valence-electron chi connectivity index (χ4n) is 7.73. The van der Waals surface area contributed by atoms with Gasteiger partial charge in [0.15, 0.2) is 5.78 Å². The van der Waals surface area contributed by atoms with Gasteiger partial charge in [-0.1, -0.05) is 119 Å². The van der Waals surface area contributed by atoms with E-state index in [1.165, 1.54) is 22.3 Å². The van der Waals surface area contributed by atoms with Gasteiger partial charge in [0.1, 0.15) is 0 Å². The molecule has 0 saturated carbocycles. The summed E-state index contributed by atoms with van der Waals surface area (Å²) in [5.41, 5.74) is 15.9. The van der Waals surface area contributed by atoms with E-state index in [1.807, 2.05) is 30.4 Å². The van der Waals surface area contributed by atoms with Crippen molar-refractivity contribution in [2.75, 3.05) is 0 Å². The van der Waals surface area contributed by atoms with Gasteiger partial charge in [-0.3, -0.25) is 4.79 Å². The van der Waals surface area contributed by atoms with Crippen LogP contribution < -0.4 is 0 Å². The number of aromatic nitrogens is 4. The summed E-state index contributed by atoms with van der Waals surface area (Å²) in [5.74, 6) is -0.0628. The van der Waals surface area contributed by atoms with Crippen LogP contribution in [0.3, 0.4) is 0 Å². The van der Waals surface area contributed by atoms with E-state index in [0.717, 1.165) is 61.3 Å². The number of carbonyl (C=O) groups excluding carboxylic acids is 1.